The van der Waals surface area contributed by atoms with Crippen molar-refractivity contribution in [3.63, 3.8) is 0 Å². The summed E-state index contributed by atoms with van der Waals surface area (Å²) in [6.45, 7) is 9.09. The topological polar surface area (TPSA) is 41.6 Å². The highest BCUT2D eigenvalue weighted by atomic mass is 16.5. The molecule has 2 aromatic rings. The lowest BCUT2D eigenvalue weighted by Gasteiger charge is -2.31. The molecule has 4 heteroatoms. The van der Waals surface area contributed by atoms with E-state index < -0.39 is 0 Å². The van der Waals surface area contributed by atoms with Gasteiger partial charge in [0.25, 0.3) is 0 Å². The Morgan fingerprint density at radius 3 is 2.44 bits per heavy atom. The van der Waals surface area contributed by atoms with Gasteiger partial charge in [-0.15, -0.1) is 0 Å². The van der Waals surface area contributed by atoms with Gasteiger partial charge in [0.2, 0.25) is 5.91 Å². The first kappa shape index (κ1) is 19.2. The summed E-state index contributed by atoms with van der Waals surface area (Å²) in [5.74, 6) is 0.970. The second-order valence-corrected chi connectivity index (χ2v) is 7.15. The third-order valence-electron chi connectivity index (χ3n) is 4.97. The summed E-state index contributed by atoms with van der Waals surface area (Å²) in [5.41, 5.74) is 3.43. The van der Waals surface area contributed by atoms with E-state index in [1.165, 1.54) is 11.1 Å². The number of carbonyl (C=O) groups excluding carboxylic acids is 1. The van der Waals surface area contributed by atoms with Crippen LogP contribution in [0.1, 0.15) is 24.0 Å². The maximum atomic E-state index is 12.6. The van der Waals surface area contributed by atoms with Crippen molar-refractivity contribution in [2.75, 3.05) is 25.0 Å². The molecule has 1 fully saturated rings. The molecule has 1 aliphatic heterocycles. The minimum atomic E-state index is 0.0796. The van der Waals surface area contributed by atoms with E-state index in [9.17, 15) is 4.79 Å². The molecule has 27 heavy (non-hydrogen) atoms. The van der Waals surface area contributed by atoms with Crippen LogP contribution in [0.3, 0.4) is 0 Å². The Morgan fingerprint density at radius 1 is 1.15 bits per heavy atom. The standard InChI is InChI=1S/C23H28N2O2/c1-3-16-27-22-10-8-21(9-11-22)24-23(26)20-12-14-25(15-13-20)17-19-6-4-18(2)5-7-19/h3-11,20H,1,12-17H2,2H3,(H,24,26). The summed E-state index contributed by atoms with van der Waals surface area (Å²) in [4.78, 5) is 15.0. The monoisotopic (exact) mass is 364 g/mol. The first-order valence-corrected chi connectivity index (χ1v) is 9.56. The van der Waals surface area contributed by atoms with Crippen LogP contribution in [0.15, 0.2) is 61.2 Å². The maximum Gasteiger partial charge on any atom is 0.227 e. The predicted molar refractivity (Wildman–Crippen MR) is 110 cm³/mol. The highest BCUT2D eigenvalue weighted by Gasteiger charge is 2.25. The minimum Gasteiger partial charge on any atom is -0.490 e. The number of anilines is 1. The zero-order chi connectivity index (χ0) is 19.1. The van der Waals surface area contributed by atoms with Crippen molar-refractivity contribution in [2.24, 2.45) is 5.92 Å². The average Bonchev–Trinajstić information content (AvgIpc) is 2.70. The third kappa shape index (κ3) is 5.69. The number of hydrogen-bond donors (Lipinski definition) is 1. The molecule has 0 radical (unpaired) electrons. The van der Waals surface area contributed by atoms with Crippen LogP contribution in [-0.2, 0) is 11.3 Å². The van der Waals surface area contributed by atoms with E-state index in [1.54, 1.807) is 6.08 Å². The van der Waals surface area contributed by atoms with E-state index in [-0.39, 0.29) is 11.8 Å². The SMILES string of the molecule is C=CCOc1ccc(NC(=O)C2CCN(Cc3ccc(C)cc3)CC2)cc1. The zero-order valence-corrected chi connectivity index (χ0v) is 16.0. The number of piperidine rings is 1. The van der Waals surface area contributed by atoms with Gasteiger partial charge in [-0.3, -0.25) is 9.69 Å². The molecule has 4 nitrogen and oxygen atoms in total. The molecular weight excluding hydrogens is 336 g/mol. The number of hydrogen-bond acceptors (Lipinski definition) is 3. The summed E-state index contributed by atoms with van der Waals surface area (Å²) < 4.78 is 5.46. The Kier molecular flexibility index (Phi) is 6.66. The summed E-state index contributed by atoms with van der Waals surface area (Å²) >= 11 is 0. The van der Waals surface area contributed by atoms with E-state index in [4.69, 9.17) is 4.74 Å². The highest BCUT2D eigenvalue weighted by molar-refractivity contribution is 5.92. The van der Waals surface area contributed by atoms with Gasteiger partial charge >= 0.3 is 0 Å². The fourth-order valence-electron chi connectivity index (χ4n) is 3.34. The van der Waals surface area contributed by atoms with Crippen LogP contribution >= 0.6 is 0 Å². The number of aryl methyl sites for hydroxylation is 1. The van der Waals surface area contributed by atoms with Gasteiger partial charge < -0.3 is 10.1 Å². The van der Waals surface area contributed by atoms with Gasteiger partial charge in [-0.05, 0) is 62.7 Å². The van der Waals surface area contributed by atoms with Crippen LogP contribution in [0, 0.1) is 12.8 Å². The molecular formula is C23H28N2O2. The van der Waals surface area contributed by atoms with Crippen LogP contribution in [0.25, 0.3) is 0 Å². The van der Waals surface area contributed by atoms with Crippen LogP contribution in [0.2, 0.25) is 0 Å². The second kappa shape index (κ2) is 9.38. The van der Waals surface area contributed by atoms with Crippen LogP contribution in [-0.4, -0.2) is 30.5 Å². The number of benzene rings is 2. The quantitative estimate of drug-likeness (QED) is 0.740. The largest absolute Gasteiger partial charge is 0.490 e. The van der Waals surface area contributed by atoms with Gasteiger partial charge in [0, 0.05) is 18.2 Å². The van der Waals surface area contributed by atoms with Crippen molar-refractivity contribution in [3.05, 3.63) is 72.3 Å². The lowest BCUT2D eigenvalue weighted by atomic mass is 9.95. The van der Waals surface area contributed by atoms with Gasteiger partial charge in [0.05, 0.1) is 0 Å². The summed E-state index contributed by atoms with van der Waals surface area (Å²) in [6, 6.07) is 16.2. The third-order valence-corrected chi connectivity index (χ3v) is 4.97. The first-order chi connectivity index (χ1) is 13.1. The van der Waals surface area contributed by atoms with E-state index in [0.29, 0.717) is 6.61 Å². The number of amides is 1. The molecule has 0 unspecified atom stereocenters. The maximum absolute atomic E-state index is 12.6. The number of likely N-dealkylation sites (tertiary alicyclic amines) is 1. The van der Waals surface area contributed by atoms with E-state index in [0.717, 1.165) is 43.9 Å². The molecule has 1 amide bonds. The average molecular weight is 364 g/mol. The van der Waals surface area contributed by atoms with E-state index in [1.807, 2.05) is 24.3 Å². The van der Waals surface area contributed by atoms with E-state index in [2.05, 4.69) is 48.0 Å². The molecule has 3 rings (SSSR count). The normalized spacial score (nSPS) is 15.3. The highest BCUT2D eigenvalue weighted by Crippen LogP contribution is 2.22. The number of carbonyl (C=O) groups is 1. The Labute approximate surface area is 161 Å². The molecule has 0 aromatic heterocycles. The van der Waals surface area contributed by atoms with Crippen molar-refractivity contribution < 1.29 is 9.53 Å². The van der Waals surface area contributed by atoms with E-state index >= 15 is 0 Å². The van der Waals surface area contributed by atoms with Crippen molar-refractivity contribution in [1.29, 1.82) is 0 Å². The van der Waals surface area contributed by atoms with Crippen molar-refractivity contribution in [3.8, 4) is 5.75 Å². The van der Waals surface area contributed by atoms with Gasteiger partial charge in [0.1, 0.15) is 12.4 Å². The number of nitrogens with zero attached hydrogens (tertiary/aromatic N) is 1. The van der Waals surface area contributed by atoms with Gasteiger partial charge in [-0.25, -0.2) is 0 Å². The van der Waals surface area contributed by atoms with Crippen LogP contribution in [0.4, 0.5) is 5.69 Å². The Balaban J connectivity index is 1.45. The molecule has 2 aromatic carbocycles. The number of ether oxygens (including phenoxy) is 1. The predicted octanol–water partition coefficient (Wildman–Crippen LogP) is 4.41. The zero-order valence-electron chi connectivity index (χ0n) is 16.0. The molecule has 0 saturated carbocycles. The minimum absolute atomic E-state index is 0.0796. The molecule has 142 valence electrons. The molecule has 0 bridgehead atoms. The fraction of sp³-hybridized carbons (Fsp3) is 0.348. The molecule has 0 aliphatic carbocycles. The summed E-state index contributed by atoms with van der Waals surface area (Å²) in [5, 5.41) is 3.03. The lowest BCUT2D eigenvalue weighted by molar-refractivity contribution is -0.121. The molecule has 0 spiro atoms. The fourth-order valence-corrected chi connectivity index (χ4v) is 3.34. The smallest absolute Gasteiger partial charge is 0.227 e. The molecule has 0 atom stereocenters. The van der Waals surface area contributed by atoms with Gasteiger partial charge in [-0.1, -0.05) is 42.5 Å². The Morgan fingerprint density at radius 2 is 1.81 bits per heavy atom. The van der Waals surface area contributed by atoms with Crippen molar-refractivity contribution >= 4 is 11.6 Å². The summed E-state index contributed by atoms with van der Waals surface area (Å²) in [6.07, 6.45) is 3.51. The van der Waals surface area contributed by atoms with Crippen molar-refractivity contribution in [1.82, 2.24) is 4.90 Å². The first-order valence-electron chi connectivity index (χ1n) is 9.56. The number of nitrogens with one attached hydrogen (secondary N) is 1. The molecule has 1 N–H and O–H groups in total. The molecule has 1 heterocycles. The van der Waals surface area contributed by atoms with Gasteiger partial charge in [0.15, 0.2) is 0 Å². The van der Waals surface area contributed by atoms with Gasteiger partial charge in [-0.2, -0.15) is 0 Å². The molecule has 1 saturated heterocycles. The molecule has 1 aliphatic rings. The lowest BCUT2D eigenvalue weighted by Crippen LogP contribution is -2.37. The number of rotatable bonds is 7. The second-order valence-electron chi connectivity index (χ2n) is 7.15. The Bertz CT molecular complexity index is 745. The summed E-state index contributed by atoms with van der Waals surface area (Å²) in [7, 11) is 0. The Hall–Kier alpha value is -2.59. The van der Waals surface area contributed by atoms with Crippen LogP contribution < -0.4 is 10.1 Å². The van der Waals surface area contributed by atoms with Crippen molar-refractivity contribution in [2.45, 2.75) is 26.3 Å². The van der Waals surface area contributed by atoms with Crippen LogP contribution in [0.5, 0.6) is 5.75 Å².